The van der Waals surface area contributed by atoms with Crippen molar-refractivity contribution in [2.24, 2.45) is 0 Å². The first-order chi connectivity index (χ1) is 10.2. The molecule has 5 heteroatoms. The van der Waals surface area contributed by atoms with Crippen molar-refractivity contribution >= 4 is 32.4 Å². The summed E-state index contributed by atoms with van der Waals surface area (Å²) in [5.74, 6) is 1.41. The number of ether oxygens (including phenoxy) is 2. The van der Waals surface area contributed by atoms with Crippen LogP contribution >= 0.6 is 11.3 Å². The minimum atomic E-state index is 0.692. The van der Waals surface area contributed by atoms with E-state index in [1.54, 1.807) is 25.6 Å². The maximum Gasteiger partial charge on any atom is 0.188 e. The van der Waals surface area contributed by atoms with Gasteiger partial charge in [0.25, 0.3) is 0 Å². The van der Waals surface area contributed by atoms with Crippen molar-refractivity contribution in [2.75, 3.05) is 19.5 Å². The molecule has 1 N–H and O–H groups in total. The Hall–Kier alpha value is -2.27. The van der Waals surface area contributed by atoms with Gasteiger partial charge >= 0.3 is 0 Å². The Bertz CT molecular complexity index is 742. The molecule has 3 aromatic rings. The highest BCUT2D eigenvalue weighted by molar-refractivity contribution is 7.22. The van der Waals surface area contributed by atoms with Gasteiger partial charge in [0.15, 0.2) is 16.6 Å². The summed E-state index contributed by atoms with van der Waals surface area (Å²) in [5, 5.41) is 4.19. The van der Waals surface area contributed by atoms with Gasteiger partial charge in [-0.3, -0.25) is 0 Å². The Morgan fingerprint density at radius 1 is 1.05 bits per heavy atom. The zero-order valence-corrected chi connectivity index (χ0v) is 13.0. The molecule has 0 unspecified atom stereocenters. The third-order valence-electron chi connectivity index (χ3n) is 3.16. The Labute approximate surface area is 127 Å². The second-order valence-corrected chi connectivity index (χ2v) is 5.72. The van der Waals surface area contributed by atoms with Crippen molar-refractivity contribution in [2.45, 2.75) is 6.92 Å². The molecule has 2 aromatic carbocycles. The van der Waals surface area contributed by atoms with Gasteiger partial charge in [-0.05, 0) is 24.6 Å². The van der Waals surface area contributed by atoms with E-state index in [0.717, 1.165) is 26.8 Å². The fraction of sp³-hybridized carbons (Fsp3) is 0.188. The maximum absolute atomic E-state index is 5.32. The smallest absolute Gasteiger partial charge is 0.188 e. The standard InChI is InChI=1S/C16H16N2O2S/c1-10-5-4-6-11(7-10)17-16-18-12-8-13(19-2)14(20-3)9-15(12)21-16/h4-9H,1-3H3,(H,17,18). The number of thiazole rings is 1. The molecule has 0 saturated carbocycles. The molecule has 1 heterocycles. The zero-order valence-electron chi connectivity index (χ0n) is 12.1. The van der Waals surface area contributed by atoms with Crippen molar-refractivity contribution in [3.8, 4) is 11.5 Å². The van der Waals surface area contributed by atoms with Crippen LogP contribution < -0.4 is 14.8 Å². The van der Waals surface area contributed by atoms with E-state index in [9.17, 15) is 0 Å². The summed E-state index contributed by atoms with van der Waals surface area (Å²) < 4.78 is 11.7. The van der Waals surface area contributed by atoms with Crippen LogP contribution in [0.2, 0.25) is 0 Å². The quantitative estimate of drug-likeness (QED) is 0.777. The molecule has 0 aliphatic rings. The minimum absolute atomic E-state index is 0.692. The molecule has 21 heavy (non-hydrogen) atoms. The van der Waals surface area contributed by atoms with Gasteiger partial charge in [-0.1, -0.05) is 23.5 Å². The molecule has 0 saturated heterocycles. The van der Waals surface area contributed by atoms with Crippen LogP contribution in [0.4, 0.5) is 10.8 Å². The monoisotopic (exact) mass is 300 g/mol. The first kappa shape index (κ1) is 13.7. The third kappa shape index (κ3) is 2.78. The summed E-state index contributed by atoms with van der Waals surface area (Å²) in [6.07, 6.45) is 0. The number of hydrogen-bond donors (Lipinski definition) is 1. The third-order valence-corrected chi connectivity index (χ3v) is 4.10. The van der Waals surface area contributed by atoms with Crippen LogP contribution in [-0.2, 0) is 0 Å². The average Bonchev–Trinajstić information content (AvgIpc) is 2.86. The first-order valence-electron chi connectivity index (χ1n) is 6.56. The van der Waals surface area contributed by atoms with E-state index in [4.69, 9.17) is 9.47 Å². The van der Waals surface area contributed by atoms with Crippen molar-refractivity contribution in [3.63, 3.8) is 0 Å². The predicted octanol–water partition coefficient (Wildman–Crippen LogP) is 4.37. The molecule has 4 nitrogen and oxygen atoms in total. The van der Waals surface area contributed by atoms with Crippen LogP contribution in [-0.4, -0.2) is 19.2 Å². The van der Waals surface area contributed by atoms with Crippen molar-refractivity contribution in [1.29, 1.82) is 0 Å². The van der Waals surface area contributed by atoms with Gasteiger partial charge in [-0.2, -0.15) is 0 Å². The molecule has 108 valence electrons. The minimum Gasteiger partial charge on any atom is -0.493 e. The molecule has 1 aromatic heterocycles. The van der Waals surface area contributed by atoms with Gasteiger partial charge in [0.05, 0.1) is 24.4 Å². The highest BCUT2D eigenvalue weighted by Crippen LogP contribution is 2.36. The number of methoxy groups -OCH3 is 2. The van der Waals surface area contributed by atoms with Gasteiger partial charge in [0, 0.05) is 17.8 Å². The Morgan fingerprint density at radius 2 is 1.81 bits per heavy atom. The summed E-state index contributed by atoms with van der Waals surface area (Å²) in [6, 6.07) is 12.1. The molecule has 3 rings (SSSR count). The molecule has 0 radical (unpaired) electrons. The second kappa shape index (κ2) is 5.61. The van der Waals surface area contributed by atoms with Gasteiger partial charge in [0.1, 0.15) is 0 Å². The number of hydrogen-bond acceptors (Lipinski definition) is 5. The molecular weight excluding hydrogens is 284 g/mol. The van der Waals surface area contributed by atoms with E-state index in [1.807, 2.05) is 24.3 Å². The topological polar surface area (TPSA) is 43.4 Å². The van der Waals surface area contributed by atoms with Crippen LogP contribution in [0, 0.1) is 6.92 Å². The van der Waals surface area contributed by atoms with Crippen LogP contribution in [0.3, 0.4) is 0 Å². The SMILES string of the molecule is COc1cc2nc(Nc3cccc(C)c3)sc2cc1OC. The van der Waals surface area contributed by atoms with Crippen molar-refractivity contribution < 1.29 is 9.47 Å². The number of fused-ring (bicyclic) bond motifs is 1. The highest BCUT2D eigenvalue weighted by atomic mass is 32.1. The predicted molar refractivity (Wildman–Crippen MR) is 87.2 cm³/mol. The van der Waals surface area contributed by atoms with E-state index in [1.165, 1.54) is 5.56 Å². The van der Waals surface area contributed by atoms with Gasteiger partial charge < -0.3 is 14.8 Å². The lowest BCUT2D eigenvalue weighted by Gasteiger charge is -2.05. The van der Waals surface area contributed by atoms with Gasteiger partial charge in [0.2, 0.25) is 0 Å². The van der Waals surface area contributed by atoms with Crippen LogP contribution in [0.1, 0.15) is 5.56 Å². The number of nitrogens with zero attached hydrogens (tertiary/aromatic N) is 1. The Kier molecular flexibility index (Phi) is 3.66. The summed E-state index contributed by atoms with van der Waals surface area (Å²) >= 11 is 1.59. The van der Waals surface area contributed by atoms with Crippen LogP contribution in [0.5, 0.6) is 11.5 Å². The number of benzene rings is 2. The molecule has 0 aliphatic carbocycles. The lowest BCUT2D eigenvalue weighted by molar-refractivity contribution is 0.356. The summed E-state index contributed by atoms with van der Waals surface area (Å²) in [5.41, 5.74) is 3.14. The van der Waals surface area contributed by atoms with E-state index in [-0.39, 0.29) is 0 Å². The second-order valence-electron chi connectivity index (χ2n) is 4.69. The highest BCUT2D eigenvalue weighted by Gasteiger charge is 2.10. The number of rotatable bonds is 4. The zero-order chi connectivity index (χ0) is 14.8. The van der Waals surface area contributed by atoms with Crippen LogP contribution in [0.25, 0.3) is 10.2 Å². The maximum atomic E-state index is 5.32. The average molecular weight is 300 g/mol. The van der Waals surface area contributed by atoms with E-state index >= 15 is 0 Å². The van der Waals surface area contributed by atoms with Gasteiger partial charge in [-0.25, -0.2) is 4.98 Å². The Morgan fingerprint density at radius 3 is 2.52 bits per heavy atom. The number of aryl methyl sites for hydroxylation is 1. The fourth-order valence-electron chi connectivity index (χ4n) is 2.15. The fourth-order valence-corrected chi connectivity index (χ4v) is 3.05. The molecule has 0 amide bonds. The normalized spacial score (nSPS) is 10.6. The number of aromatic nitrogens is 1. The van der Waals surface area contributed by atoms with E-state index < -0.39 is 0 Å². The Balaban J connectivity index is 1.97. The van der Waals surface area contributed by atoms with Gasteiger partial charge in [-0.15, -0.1) is 0 Å². The molecule has 0 aliphatic heterocycles. The summed E-state index contributed by atoms with van der Waals surface area (Å²) in [6.45, 7) is 2.07. The van der Waals surface area contributed by atoms with Crippen molar-refractivity contribution in [3.05, 3.63) is 42.0 Å². The van der Waals surface area contributed by atoms with E-state index in [2.05, 4.69) is 29.4 Å². The van der Waals surface area contributed by atoms with Crippen molar-refractivity contribution in [1.82, 2.24) is 4.98 Å². The van der Waals surface area contributed by atoms with E-state index in [0.29, 0.717) is 5.75 Å². The summed E-state index contributed by atoms with van der Waals surface area (Å²) in [7, 11) is 3.26. The molecule has 0 bridgehead atoms. The molecule has 0 fully saturated rings. The lowest BCUT2D eigenvalue weighted by atomic mass is 10.2. The number of anilines is 2. The molecule has 0 atom stereocenters. The van der Waals surface area contributed by atoms with Crippen LogP contribution in [0.15, 0.2) is 36.4 Å². The first-order valence-corrected chi connectivity index (χ1v) is 7.37. The number of nitrogens with one attached hydrogen (secondary N) is 1. The largest absolute Gasteiger partial charge is 0.493 e. The summed E-state index contributed by atoms with van der Waals surface area (Å²) in [4.78, 5) is 4.59. The lowest BCUT2D eigenvalue weighted by Crippen LogP contribution is -1.90. The molecular formula is C16H16N2O2S. The molecule has 0 spiro atoms.